The minimum atomic E-state index is -0.853. The van der Waals surface area contributed by atoms with Gasteiger partial charge in [0.05, 0.1) is 12.4 Å². The molecule has 1 N–H and O–H groups in total. The summed E-state index contributed by atoms with van der Waals surface area (Å²) in [6.45, 7) is 8.74. The summed E-state index contributed by atoms with van der Waals surface area (Å²) in [5.41, 5.74) is -0.638. The van der Waals surface area contributed by atoms with Gasteiger partial charge in [0.2, 0.25) is 0 Å². The van der Waals surface area contributed by atoms with E-state index in [1.54, 1.807) is 46.8 Å². The van der Waals surface area contributed by atoms with E-state index >= 15 is 0 Å². The third kappa shape index (κ3) is 6.83. The van der Waals surface area contributed by atoms with Crippen molar-refractivity contribution >= 4 is 12.1 Å². The zero-order chi connectivity index (χ0) is 16.0. The third-order valence-corrected chi connectivity index (χ3v) is 2.31. The molecule has 21 heavy (non-hydrogen) atoms. The molecule has 6 nitrogen and oxygen atoms in total. The monoisotopic (exact) mass is 297 g/mol. The number of carbonyl (C=O) groups is 2. The second-order valence-electron chi connectivity index (χ2n) is 5.97. The summed E-state index contributed by atoms with van der Waals surface area (Å²) in [4.78, 5) is 23.9. The van der Waals surface area contributed by atoms with Gasteiger partial charge in [0, 0.05) is 6.42 Å². The second kappa shape index (κ2) is 7.15. The lowest BCUT2D eigenvalue weighted by atomic mass is 10.1. The minimum Gasteiger partial charge on any atom is -0.469 e. The van der Waals surface area contributed by atoms with Crippen LogP contribution < -0.4 is 5.32 Å². The largest absolute Gasteiger partial charge is 0.469 e. The predicted octanol–water partition coefficient (Wildman–Crippen LogP) is 2.67. The summed E-state index contributed by atoms with van der Waals surface area (Å²) in [5, 5.41) is 2.52. The maximum atomic E-state index is 12.0. The number of hydrogen-bond acceptors (Lipinski definition) is 5. The van der Waals surface area contributed by atoms with E-state index in [1.807, 2.05) is 0 Å². The number of furan rings is 1. The van der Waals surface area contributed by atoms with Crippen molar-refractivity contribution in [2.45, 2.75) is 58.8 Å². The van der Waals surface area contributed by atoms with Gasteiger partial charge in [-0.05, 0) is 46.8 Å². The number of alkyl carbamates (subject to hydrolysis) is 1. The Morgan fingerprint density at radius 3 is 2.48 bits per heavy atom. The Balaban J connectivity index is 2.71. The summed E-state index contributed by atoms with van der Waals surface area (Å²) in [7, 11) is 0. The van der Waals surface area contributed by atoms with Gasteiger partial charge in [-0.25, -0.2) is 9.59 Å². The molecule has 1 aromatic rings. The van der Waals surface area contributed by atoms with E-state index in [9.17, 15) is 9.59 Å². The van der Waals surface area contributed by atoms with Gasteiger partial charge in [-0.3, -0.25) is 0 Å². The highest BCUT2D eigenvalue weighted by Crippen LogP contribution is 2.10. The molecule has 1 unspecified atom stereocenters. The molecule has 118 valence electrons. The maximum absolute atomic E-state index is 12.0. The van der Waals surface area contributed by atoms with Crippen molar-refractivity contribution in [2.75, 3.05) is 0 Å². The Morgan fingerprint density at radius 2 is 2.00 bits per heavy atom. The van der Waals surface area contributed by atoms with Crippen molar-refractivity contribution in [3.8, 4) is 0 Å². The van der Waals surface area contributed by atoms with Gasteiger partial charge in [0.1, 0.15) is 17.4 Å². The van der Waals surface area contributed by atoms with Crippen LogP contribution in [0.5, 0.6) is 0 Å². The number of rotatable bonds is 5. The van der Waals surface area contributed by atoms with E-state index in [0.717, 1.165) is 0 Å². The molecular formula is C15H23NO5. The van der Waals surface area contributed by atoms with Crippen molar-refractivity contribution in [1.29, 1.82) is 0 Å². The first-order chi connectivity index (χ1) is 9.67. The van der Waals surface area contributed by atoms with E-state index < -0.39 is 23.7 Å². The van der Waals surface area contributed by atoms with Gasteiger partial charge in [-0.2, -0.15) is 0 Å². The predicted molar refractivity (Wildman–Crippen MR) is 76.8 cm³/mol. The lowest BCUT2D eigenvalue weighted by molar-refractivity contribution is -0.150. The average Bonchev–Trinajstić information content (AvgIpc) is 2.77. The Kier molecular flexibility index (Phi) is 5.81. The molecule has 1 aromatic heterocycles. The standard InChI is InChI=1S/C15H23NO5/c1-10(2)20-13(17)12(9-11-7-6-8-19-11)16-14(18)21-15(3,4)5/h6-8,10,12H,9H2,1-5H3,(H,16,18). The van der Waals surface area contributed by atoms with Crippen LogP contribution >= 0.6 is 0 Å². The first-order valence-electron chi connectivity index (χ1n) is 6.90. The smallest absolute Gasteiger partial charge is 0.408 e. The van der Waals surface area contributed by atoms with E-state index in [-0.39, 0.29) is 12.5 Å². The summed E-state index contributed by atoms with van der Waals surface area (Å²) < 4.78 is 15.5. The van der Waals surface area contributed by atoms with Gasteiger partial charge >= 0.3 is 12.1 Å². The van der Waals surface area contributed by atoms with Crippen LogP contribution in [-0.2, 0) is 20.7 Å². The fourth-order valence-electron chi connectivity index (χ4n) is 1.59. The van der Waals surface area contributed by atoms with Crippen LogP contribution in [0.25, 0.3) is 0 Å². The minimum absolute atomic E-state index is 0.206. The van der Waals surface area contributed by atoms with E-state index in [1.165, 1.54) is 6.26 Å². The van der Waals surface area contributed by atoms with Crippen LogP contribution in [0.1, 0.15) is 40.4 Å². The molecule has 0 radical (unpaired) electrons. The molecular weight excluding hydrogens is 274 g/mol. The Labute approximate surface area is 124 Å². The highest BCUT2D eigenvalue weighted by Gasteiger charge is 2.27. The zero-order valence-corrected chi connectivity index (χ0v) is 13.1. The number of amides is 1. The number of nitrogens with one attached hydrogen (secondary N) is 1. The summed E-state index contributed by atoms with van der Waals surface area (Å²) >= 11 is 0. The van der Waals surface area contributed by atoms with Gasteiger partial charge in [-0.15, -0.1) is 0 Å². The van der Waals surface area contributed by atoms with Gasteiger partial charge in [0.25, 0.3) is 0 Å². The van der Waals surface area contributed by atoms with Crippen molar-refractivity contribution in [3.63, 3.8) is 0 Å². The molecule has 0 aliphatic heterocycles. The highest BCUT2D eigenvalue weighted by molar-refractivity contribution is 5.81. The third-order valence-electron chi connectivity index (χ3n) is 2.31. The lowest BCUT2D eigenvalue weighted by Crippen LogP contribution is -2.46. The molecule has 0 saturated carbocycles. The molecule has 0 fully saturated rings. The molecule has 0 bridgehead atoms. The highest BCUT2D eigenvalue weighted by atomic mass is 16.6. The summed E-state index contributed by atoms with van der Waals surface area (Å²) in [5.74, 6) is 0.0593. The van der Waals surface area contributed by atoms with Gasteiger partial charge < -0.3 is 19.2 Å². The fourth-order valence-corrected chi connectivity index (χ4v) is 1.59. The maximum Gasteiger partial charge on any atom is 0.408 e. The quantitative estimate of drug-likeness (QED) is 0.845. The number of esters is 1. The molecule has 0 saturated heterocycles. The van der Waals surface area contributed by atoms with Crippen molar-refractivity contribution in [1.82, 2.24) is 5.32 Å². The first-order valence-corrected chi connectivity index (χ1v) is 6.90. The van der Waals surface area contributed by atoms with E-state index in [4.69, 9.17) is 13.9 Å². The molecule has 1 rings (SSSR count). The molecule has 1 amide bonds. The van der Waals surface area contributed by atoms with E-state index in [0.29, 0.717) is 5.76 Å². The molecule has 0 aliphatic rings. The van der Waals surface area contributed by atoms with Crippen LogP contribution in [0.3, 0.4) is 0 Å². The summed E-state index contributed by atoms with van der Waals surface area (Å²) in [6.07, 6.45) is 0.780. The molecule has 6 heteroatoms. The van der Waals surface area contributed by atoms with Crippen LogP contribution in [0.4, 0.5) is 4.79 Å². The lowest BCUT2D eigenvalue weighted by Gasteiger charge is -2.23. The molecule has 0 spiro atoms. The number of hydrogen-bond donors (Lipinski definition) is 1. The molecule has 0 aliphatic carbocycles. The SMILES string of the molecule is CC(C)OC(=O)C(Cc1ccco1)NC(=O)OC(C)(C)C. The molecule has 1 atom stereocenters. The van der Waals surface area contributed by atoms with E-state index in [2.05, 4.69) is 5.32 Å². The Hall–Kier alpha value is -1.98. The topological polar surface area (TPSA) is 77.8 Å². The van der Waals surface area contributed by atoms with Crippen LogP contribution in [0.2, 0.25) is 0 Å². The first kappa shape index (κ1) is 17.1. The van der Waals surface area contributed by atoms with Crippen LogP contribution in [0.15, 0.2) is 22.8 Å². The van der Waals surface area contributed by atoms with Crippen LogP contribution in [0, 0.1) is 0 Å². The van der Waals surface area contributed by atoms with Crippen molar-refractivity contribution in [2.24, 2.45) is 0 Å². The average molecular weight is 297 g/mol. The fraction of sp³-hybridized carbons (Fsp3) is 0.600. The Bertz CT molecular complexity index is 459. The summed E-state index contributed by atoms with van der Waals surface area (Å²) in [6, 6.07) is 2.59. The molecule has 1 heterocycles. The van der Waals surface area contributed by atoms with Crippen molar-refractivity contribution in [3.05, 3.63) is 24.2 Å². The second-order valence-corrected chi connectivity index (χ2v) is 5.97. The Morgan fingerprint density at radius 1 is 1.33 bits per heavy atom. The molecule has 0 aromatic carbocycles. The van der Waals surface area contributed by atoms with Gasteiger partial charge in [-0.1, -0.05) is 0 Å². The van der Waals surface area contributed by atoms with Gasteiger partial charge in [0.15, 0.2) is 0 Å². The van der Waals surface area contributed by atoms with Crippen molar-refractivity contribution < 1.29 is 23.5 Å². The zero-order valence-electron chi connectivity index (χ0n) is 13.1. The normalized spacial score (nSPS) is 12.9. The van der Waals surface area contributed by atoms with Crippen LogP contribution in [-0.4, -0.2) is 29.8 Å². The number of carbonyl (C=O) groups excluding carboxylic acids is 2. The number of ether oxygens (including phenoxy) is 2.